The summed E-state index contributed by atoms with van der Waals surface area (Å²) in [6, 6.07) is 1.73. The van der Waals surface area contributed by atoms with Crippen molar-refractivity contribution >= 4 is 17.2 Å². The van der Waals surface area contributed by atoms with Gasteiger partial charge in [0.1, 0.15) is 10.6 Å². The number of aliphatic hydroxyl groups is 1. The summed E-state index contributed by atoms with van der Waals surface area (Å²) in [5.74, 6) is 0.297. The van der Waals surface area contributed by atoms with E-state index < -0.39 is 6.10 Å². The zero-order chi connectivity index (χ0) is 12.0. The van der Waals surface area contributed by atoms with E-state index in [9.17, 15) is 9.90 Å². The van der Waals surface area contributed by atoms with Crippen molar-refractivity contribution in [1.29, 1.82) is 0 Å². The summed E-state index contributed by atoms with van der Waals surface area (Å²) in [5.41, 5.74) is 0. The molecule has 5 nitrogen and oxygen atoms in total. The number of methoxy groups -OCH3 is 2. The van der Waals surface area contributed by atoms with Crippen molar-refractivity contribution in [2.24, 2.45) is 0 Å². The van der Waals surface area contributed by atoms with Gasteiger partial charge in [-0.15, -0.1) is 11.3 Å². The molecule has 0 aliphatic heterocycles. The minimum absolute atomic E-state index is 0.160. The van der Waals surface area contributed by atoms with Crippen LogP contribution in [0, 0.1) is 0 Å². The molecule has 16 heavy (non-hydrogen) atoms. The van der Waals surface area contributed by atoms with Crippen LogP contribution in [0.4, 0.5) is 0 Å². The van der Waals surface area contributed by atoms with E-state index >= 15 is 0 Å². The van der Waals surface area contributed by atoms with Crippen molar-refractivity contribution < 1.29 is 19.4 Å². The largest absolute Gasteiger partial charge is 0.495 e. The lowest BCUT2D eigenvalue weighted by atomic mass is 10.3. The quantitative estimate of drug-likeness (QED) is 0.765. The topological polar surface area (TPSA) is 67.8 Å². The first-order valence-electron chi connectivity index (χ1n) is 4.75. The zero-order valence-corrected chi connectivity index (χ0v) is 10.0. The molecule has 1 aromatic heterocycles. The second-order valence-corrected chi connectivity index (χ2v) is 4.05. The Balaban J connectivity index is 2.46. The van der Waals surface area contributed by atoms with Crippen molar-refractivity contribution in [3.63, 3.8) is 0 Å². The number of nitrogens with one attached hydrogen (secondary N) is 1. The number of aliphatic hydroxyl groups excluding tert-OH is 1. The van der Waals surface area contributed by atoms with Gasteiger partial charge in [-0.2, -0.15) is 0 Å². The molecule has 1 amide bonds. The molecule has 90 valence electrons. The summed E-state index contributed by atoms with van der Waals surface area (Å²) in [6.07, 6.45) is -0.695. The van der Waals surface area contributed by atoms with Gasteiger partial charge < -0.3 is 19.9 Å². The second-order valence-electron chi connectivity index (χ2n) is 3.14. The maximum Gasteiger partial charge on any atom is 0.265 e. The number of amides is 1. The molecule has 0 saturated heterocycles. The van der Waals surface area contributed by atoms with Crippen molar-refractivity contribution in [2.45, 2.75) is 6.10 Å². The second kappa shape index (κ2) is 6.47. The standard InChI is InChI=1S/C10H15NO4S/c1-14-6-7(12)5-11-10(13)9-8(15-2)3-4-16-9/h3-4,7,12H,5-6H2,1-2H3,(H,11,13). The highest BCUT2D eigenvalue weighted by molar-refractivity contribution is 7.12. The van der Waals surface area contributed by atoms with Crippen LogP contribution < -0.4 is 10.1 Å². The number of carbonyl (C=O) groups is 1. The molecule has 6 heteroatoms. The predicted octanol–water partition coefficient (Wildman–Crippen LogP) is 0.494. The van der Waals surface area contributed by atoms with Crippen LogP contribution in [0.15, 0.2) is 11.4 Å². The molecule has 1 unspecified atom stereocenters. The molecule has 1 aromatic rings. The Bertz CT molecular complexity index is 339. The fourth-order valence-electron chi connectivity index (χ4n) is 1.17. The monoisotopic (exact) mass is 245 g/mol. The van der Waals surface area contributed by atoms with E-state index in [1.165, 1.54) is 25.6 Å². The number of thiophene rings is 1. The van der Waals surface area contributed by atoms with E-state index in [0.717, 1.165) is 0 Å². The van der Waals surface area contributed by atoms with Crippen molar-refractivity contribution in [1.82, 2.24) is 5.32 Å². The van der Waals surface area contributed by atoms with Gasteiger partial charge in [0.2, 0.25) is 0 Å². The summed E-state index contributed by atoms with van der Waals surface area (Å²) in [7, 11) is 3.01. The Morgan fingerprint density at radius 2 is 2.38 bits per heavy atom. The first-order valence-corrected chi connectivity index (χ1v) is 5.63. The summed E-state index contributed by atoms with van der Waals surface area (Å²) >= 11 is 1.30. The minimum atomic E-state index is -0.695. The van der Waals surface area contributed by atoms with Gasteiger partial charge in [-0.25, -0.2) is 0 Å². The van der Waals surface area contributed by atoms with Crippen molar-refractivity contribution in [2.75, 3.05) is 27.4 Å². The van der Waals surface area contributed by atoms with Crippen LogP contribution >= 0.6 is 11.3 Å². The Kier molecular flexibility index (Phi) is 5.24. The first-order chi connectivity index (χ1) is 7.69. The molecule has 0 aromatic carbocycles. The van der Waals surface area contributed by atoms with Crippen molar-refractivity contribution in [3.05, 3.63) is 16.3 Å². The highest BCUT2D eigenvalue weighted by Crippen LogP contribution is 2.23. The molecule has 1 heterocycles. The van der Waals surface area contributed by atoms with Gasteiger partial charge in [0, 0.05) is 13.7 Å². The van der Waals surface area contributed by atoms with Gasteiger partial charge in [-0.05, 0) is 11.4 Å². The Labute approximate surface area is 98.0 Å². The Morgan fingerprint density at radius 3 is 3.00 bits per heavy atom. The first kappa shape index (κ1) is 13.0. The molecule has 0 aliphatic carbocycles. The molecule has 0 bridgehead atoms. The average molecular weight is 245 g/mol. The van der Waals surface area contributed by atoms with Crippen LogP contribution in [0.1, 0.15) is 9.67 Å². The normalized spacial score (nSPS) is 12.2. The zero-order valence-electron chi connectivity index (χ0n) is 9.23. The average Bonchev–Trinajstić information content (AvgIpc) is 2.74. The third kappa shape index (κ3) is 3.48. The van der Waals surface area contributed by atoms with Gasteiger partial charge in [-0.3, -0.25) is 4.79 Å². The molecular formula is C10H15NO4S. The van der Waals surface area contributed by atoms with Crippen LogP contribution in [0.2, 0.25) is 0 Å². The Hall–Kier alpha value is -1.11. The molecule has 1 rings (SSSR count). The van der Waals surface area contributed by atoms with E-state index in [-0.39, 0.29) is 19.1 Å². The fraction of sp³-hybridized carbons (Fsp3) is 0.500. The van der Waals surface area contributed by atoms with Gasteiger partial charge >= 0.3 is 0 Å². The lowest BCUT2D eigenvalue weighted by molar-refractivity contribution is 0.0610. The van der Waals surface area contributed by atoms with Crippen LogP contribution in [0.5, 0.6) is 5.75 Å². The Morgan fingerprint density at radius 1 is 1.62 bits per heavy atom. The van der Waals surface area contributed by atoms with Gasteiger partial charge in [0.15, 0.2) is 0 Å². The SMILES string of the molecule is COCC(O)CNC(=O)c1sccc1OC. The number of hydrogen-bond donors (Lipinski definition) is 2. The highest BCUT2D eigenvalue weighted by Gasteiger charge is 2.14. The number of carbonyl (C=O) groups excluding carboxylic acids is 1. The molecule has 0 saturated carbocycles. The van der Waals surface area contributed by atoms with Crippen LogP contribution in [-0.2, 0) is 4.74 Å². The summed E-state index contributed by atoms with van der Waals surface area (Å²) in [4.78, 5) is 12.2. The smallest absolute Gasteiger partial charge is 0.265 e. The van der Waals surface area contributed by atoms with E-state index in [0.29, 0.717) is 10.6 Å². The van der Waals surface area contributed by atoms with Crippen LogP contribution in [0.25, 0.3) is 0 Å². The third-order valence-corrected chi connectivity index (χ3v) is 2.81. The maximum atomic E-state index is 11.7. The fourth-order valence-corrected chi connectivity index (χ4v) is 1.94. The summed E-state index contributed by atoms with van der Waals surface area (Å²) in [6.45, 7) is 0.357. The molecule has 0 spiro atoms. The molecular weight excluding hydrogens is 230 g/mol. The van der Waals surface area contributed by atoms with E-state index in [4.69, 9.17) is 9.47 Å². The molecule has 0 aliphatic rings. The molecule has 1 atom stereocenters. The minimum Gasteiger partial charge on any atom is -0.495 e. The number of rotatable bonds is 6. The van der Waals surface area contributed by atoms with Gasteiger partial charge in [-0.1, -0.05) is 0 Å². The van der Waals surface area contributed by atoms with E-state index in [2.05, 4.69) is 5.32 Å². The molecule has 0 radical (unpaired) electrons. The molecule has 0 fully saturated rings. The summed E-state index contributed by atoms with van der Waals surface area (Å²) < 4.78 is 9.77. The maximum absolute atomic E-state index is 11.7. The van der Waals surface area contributed by atoms with Crippen LogP contribution in [0.3, 0.4) is 0 Å². The van der Waals surface area contributed by atoms with Crippen molar-refractivity contribution in [3.8, 4) is 5.75 Å². The lowest BCUT2D eigenvalue weighted by Crippen LogP contribution is -2.34. The van der Waals surface area contributed by atoms with Crippen LogP contribution in [-0.4, -0.2) is 44.5 Å². The number of hydrogen-bond acceptors (Lipinski definition) is 5. The lowest BCUT2D eigenvalue weighted by Gasteiger charge is -2.10. The van der Waals surface area contributed by atoms with E-state index in [1.807, 2.05) is 0 Å². The summed E-state index contributed by atoms with van der Waals surface area (Å²) in [5, 5.41) is 13.7. The number of ether oxygens (including phenoxy) is 2. The predicted molar refractivity (Wildman–Crippen MR) is 61.1 cm³/mol. The molecule has 2 N–H and O–H groups in total. The van der Waals surface area contributed by atoms with E-state index in [1.54, 1.807) is 11.4 Å². The van der Waals surface area contributed by atoms with Gasteiger partial charge in [0.25, 0.3) is 5.91 Å². The third-order valence-electron chi connectivity index (χ3n) is 1.91. The van der Waals surface area contributed by atoms with Gasteiger partial charge in [0.05, 0.1) is 19.8 Å². The highest BCUT2D eigenvalue weighted by atomic mass is 32.1.